The van der Waals surface area contributed by atoms with Crippen molar-refractivity contribution in [3.63, 3.8) is 0 Å². The second-order valence-corrected chi connectivity index (χ2v) is 13.3. The minimum absolute atomic E-state index is 0.00867. The molecule has 42 heavy (non-hydrogen) atoms. The van der Waals surface area contributed by atoms with E-state index in [2.05, 4.69) is 55.8 Å². The molecule has 0 aliphatic heterocycles. The first-order chi connectivity index (χ1) is 23.0. The van der Waals surface area contributed by atoms with Crippen LogP contribution in [0.1, 0.15) is 66.8 Å². The number of ether oxygens (including phenoxy) is 1. The van der Waals surface area contributed by atoms with E-state index in [0.717, 1.165) is 22.9 Å². The molecular weight excluding hydrogens is 580 g/mol. The fourth-order valence-corrected chi connectivity index (χ4v) is 6.60. The number of hydrogen-bond donors (Lipinski definition) is 0. The summed E-state index contributed by atoms with van der Waals surface area (Å²) in [7, 11) is 0. The van der Waals surface area contributed by atoms with E-state index in [4.69, 9.17) is 19.3 Å². The van der Waals surface area contributed by atoms with Crippen LogP contribution in [0.4, 0.5) is 0 Å². The summed E-state index contributed by atoms with van der Waals surface area (Å²) in [6.45, 7) is 6.46. The molecule has 0 N–H and O–H groups in total. The van der Waals surface area contributed by atoms with Crippen LogP contribution in [0.2, 0.25) is 0 Å². The molecule has 2 aromatic heterocycles. The van der Waals surface area contributed by atoms with Gasteiger partial charge < -0.3 is 4.74 Å². The number of hydrogen-bond acceptors (Lipinski definition) is 2. The van der Waals surface area contributed by atoms with E-state index in [-0.39, 0.29) is 51.9 Å². The zero-order chi connectivity index (χ0) is 35.2. The summed E-state index contributed by atoms with van der Waals surface area (Å²) in [5.41, 5.74) is 4.48. The number of rotatable bonds is 4. The van der Waals surface area contributed by atoms with Crippen molar-refractivity contribution in [3.05, 3.63) is 118 Å². The van der Waals surface area contributed by atoms with Gasteiger partial charge in [0.2, 0.25) is 0 Å². The summed E-state index contributed by atoms with van der Waals surface area (Å²) < 4.78 is 69.1. The number of aryl methyl sites for hydroxylation is 1. The van der Waals surface area contributed by atoms with E-state index in [1.807, 2.05) is 30.3 Å². The first-order valence-electron chi connectivity index (χ1n) is 17.6. The molecule has 0 spiro atoms. The van der Waals surface area contributed by atoms with Gasteiger partial charge in [-0.1, -0.05) is 86.0 Å². The quantitative estimate of drug-likeness (QED) is 0.196. The van der Waals surface area contributed by atoms with Crippen molar-refractivity contribution in [2.75, 3.05) is 0 Å². The van der Waals surface area contributed by atoms with E-state index in [9.17, 15) is 0 Å². The van der Waals surface area contributed by atoms with Gasteiger partial charge in [0.25, 0.3) is 0 Å². The summed E-state index contributed by atoms with van der Waals surface area (Å²) in [5, 5.41) is 0.875. The molecule has 4 aromatic carbocycles. The summed E-state index contributed by atoms with van der Waals surface area (Å²) in [6.07, 6.45) is 3.66. The van der Waals surface area contributed by atoms with E-state index in [1.165, 1.54) is 17.2 Å². The number of para-hydroxylation sites is 1. The normalized spacial score (nSPS) is 18.3. The number of halogens is 1. The van der Waals surface area contributed by atoms with Crippen LogP contribution in [0.15, 0.2) is 102 Å². The van der Waals surface area contributed by atoms with Crippen LogP contribution in [0.5, 0.6) is 11.5 Å². The Bertz CT molecular complexity index is 2320. The highest BCUT2D eigenvalue weighted by Gasteiger charge is 2.37. The van der Waals surface area contributed by atoms with Crippen LogP contribution in [0.25, 0.3) is 38.8 Å². The van der Waals surface area contributed by atoms with Crippen molar-refractivity contribution in [2.45, 2.75) is 58.2 Å². The third-order valence-corrected chi connectivity index (χ3v) is 9.18. The van der Waals surface area contributed by atoms with Crippen molar-refractivity contribution in [3.8, 4) is 28.4 Å². The standard InChI is InChI=1S/C38H35BrN2O/c1-24-19-36(40-23-31(24)25-13-16-32-33(20-25)38(4,5)18-17-37(32,2)3)41-34-12-7-6-11-29(34)30-15-14-28(22-35(30)41)42-27-10-8-9-26(39)21-27/h6-16,19-23H,17-18H2,1-5H3/i1D3,6D,7D,11D,12D. The molecule has 0 fully saturated rings. The second kappa shape index (κ2) is 9.84. The zero-order valence-corrected chi connectivity index (χ0v) is 25.6. The molecule has 0 radical (unpaired) electrons. The van der Waals surface area contributed by atoms with Gasteiger partial charge in [0.15, 0.2) is 0 Å². The highest BCUT2D eigenvalue weighted by molar-refractivity contribution is 9.10. The molecule has 2 heterocycles. The molecule has 0 atom stereocenters. The Balaban J connectivity index is 1.48. The summed E-state index contributed by atoms with van der Waals surface area (Å²) in [6, 6.07) is 19.2. The van der Waals surface area contributed by atoms with Gasteiger partial charge in [-0.15, -0.1) is 0 Å². The minimum Gasteiger partial charge on any atom is -0.457 e. The van der Waals surface area contributed by atoms with Crippen LogP contribution in [0, 0.1) is 6.85 Å². The molecule has 4 heteroatoms. The van der Waals surface area contributed by atoms with Crippen molar-refractivity contribution in [1.29, 1.82) is 0 Å². The predicted molar refractivity (Wildman–Crippen MR) is 178 cm³/mol. The largest absolute Gasteiger partial charge is 0.457 e. The monoisotopic (exact) mass is 621 g/mol. The Morgan fingerprint density at radius 1 is 0.833 bits per heavy atom. The molecule has 210 valence electrons. The fourth-order valence-electron chi connectivity index (χ4n) is 6.22. The molecule has 1 aliphatic carbocycles. The number of benzene rings is 4. The molecule has 0 unspecified atom stereocenters. The van der Waals surface area contributed by atoms with E-state index in [0.29, 0.717) is 33.4 Å². The minimum atomic E-state index is -2.51. The smallest absolute Gasteiger partial charge is 0.137 e. The van der Waals surface area contributed by atoms with Gasteiger partial charge in [-0.2, -0.15) is 0 Å². The van der Waals surface area contributed by atoms with Crippen LogP contribution in [-0.2, 0) is 10.8 Å². The maximum atomic E-state index is 8.93. The molecule has 0 amide bonds. The van der Waals surface area contributed by atoms with Crippen LogP contribution >= 0.6 is 15.9 Å². The van der Waals surface area contributed by atoms with Gasteiger partial charge in [-0.05, 0) is 95.2 Å². The first-order valence-corrected chi connectivity index (χ1v) is 14.9. The lowest BCUT2D eigenvalue weighted by Crippen LogP contribution is -2.33. The summed E-state index contributed by atoms with van der Waals surface area (Å²) in [4.78, 5) is 4.81. The van der Waals surface area contributed by atoms with Crippen molar-refractivity contribution in [1.82, 2.24) is 9.55 Å². The Hall–Kier alpha value is -3.89. The van der Waals surface area contributed by atoms with E-state index >= 15 is 0 Å². The van der Waals surface area contributed by atoms with Gasteiger partial charge in [-0.3, -0.25) is 4.57 Å². The zero-order valence-electron chi connectivity index (χ0n) is 31.0. The molecule has 0 saturated heterocycles. The van der Waals surface area contributed by atoms with Gasteiger partial charge in [0.05, 0.1) is 16.5 Å². The Morgan fingerprint density at radius 2 is 1.62 bits per heavy atom. The SMILES string of the molecule is [2H]c1c([2H])c([2H])c2c(c1[2H])c1ccc(Oc3cccc(Br)c3)cc1n2-c1cc(C([2H])([2H])[2H])c(-c2ccc3c(c2)C(C)(C)CCC3(C)C)cn1. The summed E-state index contributed by atoms with van der Waals surface area (Å²) >= 11 is 3.47. The van der Waals surface area contributed by atoms with Gasteiger partial charge in [0.1, 0.15) is 17.3 Å². The molecule has 1 aliphatic rings. The average molecular weight is 623 g/mol. The highest BCUT2D eigenvalue weighted by atomic mass is 79.9. The van der Waals surface area contributed by atoms with E-state index in [1.54, 1.807) is 29.0 Å². The lowest BCUT2D eigenvalue weighted by atomic mass is 9.63. The summed E-state index contributed by atoms with van der Waals surface area (Å²) in [5.74, 6) is 1.28. The van der Waals surface area contributed by atoms with Crippen molar-refractivity contribution >= 4 is 37.7 Å². The number of fused-ring (bicyclic) bond motifs is 4. The maximum absolute atomic E-state index is 8.93. The van der Waals surface area contributed by atoms with Crippen molar-refractivity contribution < 1.29 is 14.3 Å². The highest BCUT2D eigenvalue weighted by Crippen LogP contribution is 2.47. The van der Waals surface area contributed by atoms with Crippen LogP contribution in [0.3, 0.4) is 0 Å². The third kappa shape index (κ3) is 4.53. The average Bonchev–Trinajstić information content (AvgIpc) is 3.39. The number of pyridine rings is 1. The maximum Gasteiger partial charge on any atom is 0.137 e. The predicted octanol–water partition coefficient (Wildman–Crippen LogP) is 11.1. The topological polar surface area (TPSA) is 27.1 Å². The Kier molecular flexibility index (Phi) is 4.71. The molecule has 3 nitrogen and oxygen atoms in total. The number of nitrogens with zero attached hydrogens (tertiary/aromatic N) is 2. The van der Waals surface area contributed by atoms with Gasteiger partial charge >= 0.3 is 0 Å². The number of aromatic nitrogens is 2. The van der Waals surface area contributed by atoms with E-state index < -0.39 is 6.85 Å². The Morgan fingerprint density at radius 3 is 2.43 bits per heavy atom. The van der Waals surface area contributed by atoms with Crippen LogP contribution in [-0.4, -0.2) is 9.55 Å². The molecule has 0 saturated carbocycles. The van der Waals surface area contributed by atoms with Crippen LogP contribution < -0.4 is 4.74 Å². The Labute approximate surface area is 266 Å². The lowest BCUT2D eigenvalue weighted by molar-refractivity contribution is 0.332. The fraction of sp³-hybridized carbons (Fsp3) is 0.237. The molecule has 7 rings (SSSR count). The third-order valence-electron chi connectivity index (χ3n) is 8.68. The van der Waals surface area contributed by atoms with Gasteiger partial charge in [-0.25, -0.2) is 4.98 Å². The molecule has 6 aromatic rings. The molecular formula is C38H35BrN2O. The van der Waals surface area contributed by atoms with Crippen molar-refractivity contribution in [2.24, 2.45) is 0 Å². The lowest BCUT2D eigenvalue weighted by Gasteiger charge is -2.42. The first kappa shape index (κ1) is 20.1. The second-order valence-electron chi connectivity index (χ2n) is 12.4. The van der Waals surface area contributed by atoms with Gasteiger partial charge in [0, 0.05) is 37.2 Å². The molecule has 0 bridgehead atoms.